The highest BCUT2D eigenvalue weighted by atomic mass is 35.5. The van der Waals surface area contributed by atoms with Gasteiger partial charge in [-0.1, -0.05) is 0 Å². The van der Waals surface area contributed by atoms with Crippen LogP contribution in [0.15, 0.2) is 18.3 Å². The van der Waals surface area contributed by atoms with Crippen LogP contribution in [0, 0.1) is 0 Å². The van der Waals surface area contributed by atoms with Crippen molar-refractivity contribution in [2.75, 3.05) is 5.73 Å². The lowest BCUT2D eigenvalue weighted by Gasteiger charge is -2.07. The van der Waals surface area contributed by atoms with Gasteiger partial charge >= 0.3 is 5.97 Å². The van der Waals surface area contributed by atoms with Crippen LogP contribution in [0.1, 0.15) is 18.1 Å². The van der Waals surface area contributed by atoms with Crippen LogP contribution in [-0.2, 0) is 11.2 Å². The van der Waals surface area contributed by atoms with Crippen molar-refractivity contribution in [3.05, 3.63) is 29.5 Å². The lowest BCUT2D eigenvalue weighted by atomic mass is 10.1. The van der Waals surface area contributed by atoms with Gasteiger partial charge in [0.15, 0.2) is 0 Å². The number of anilines is 1. The molecule has 5 nitrogen and oxygen atoms in total. The Kier molecular flexibility index (Phi) is 6.23. The molecule has 0 fully saturated rings. The number of hydrogen-bond donors (Lipinski definition) is 3. The van der Waals surface area contributed by atoms with E-state index in [9.17, 15) is 9.90 Å². The van der Waals surface area contributed by atoms with Crippen LogP contribution in [0.25, 0.3) is 6.08 Å². The van der Waals surface area contributed by atoms with E-state index in [0.29, 0.717) is 23.4 Å². The summed E-state index contributed by atoms with van der Waals surface area (Å²) in [4.78, 5) is 14.3. The molecule has 0 bridgehead atoms. The van der Waals surface area contributed by atoms with Crippen molar-refractivity contribution in [1.82, 2.24) is 4.98 Å². The van der Waals surface area contributed by atoms with Gasteiger partial charge in [0.1, 0.15) is 5.82 Å². The average Bonchev–Trinajstić information content (AvgIpc) is 2.18. The van der Waals surface area contributed by atoms with Crippen LogP contribution in [0.4, 0.5) is 5.82 Å². The largest absolute Gasteiger partial charge is 0.478 e. The van der Waals surface area contributed by atoms with Crippen molar-refractivity contribution in [2.45, 2.75) is 19.4 Å². The molecule has 1 atom stereocenters. The number of carboxylic acid groups (broad SMARTS) is 1. The van der Waals surface area contributed by atoms with Crippen LogP contribution in [0.5, 0.6) is 0 Å². The van der Waals surface area contributed by atoms with Crippen molar-refractivity contribution in [3.63, 3.8) is 0 Å². The number of aliphatic hydroxyl groups excluding tert-OH is 1. The Hall–Kier alpha value is -1.59. The number of nitrogens with two attached hydrogens (primary N) is 1. The standard InChI is InChI=1S/C11H14N2O3.ClH/c1-7(14)4-9-5-8(2-3-10(15)16)6-13-11(9)12;/h2-3,5-7,14H,4H2,1H3,(H2,12,13)(H,15,16);1H. The van der Waals surface area contributed by atoms with Crippen LogP contribution in [0.3, 0.4) is 0 Å². The first kappa shape index (κ1) is 15.4. The number of halogens is 1. The monoisotopic (exact) mass is 258 g/mol. The Labute approximate surface area is 105 Å². The number of carbonyl (C=O) groups is 1. The molecular formula is C11H15ClN2O3. The van der Waals surface area contributed by atoms with E-state index in [1.54, 1.807) is 13.0 Å². The van der Waals surface area contributed by atoms with E-state index in [-0.39, 0.29) is 12.4 Å². The van der Waals surface area contributed by atoms with E-state index in [0.717, 1.165) is 6.08 Å². The summed E-state index contributed by atoms with van der Waals surface area (Å²) in [5, 5.41) is 17.7. The molecule has 0 spiro atoms. The molecule has 0 radical (unpaired) electrons. The van der Waals surface area contributed by atoms with Gasteiger partial charge in [0.25, 0.3) is 0 Å². The highest BCUT2D eigenvalue weighted by Crippen LogP contribution is 2.14. The Bertz CT molecular complexity index is 419. The maximum Gasteiger partial charge on any atom is 0.328 e. The number of rotatable bonds is 4. The number of pyridine rings is 1. The number of carboxylic acids is 1. The first-order chi connectivity index (χ1) is 7.49. The molecule has 6 heteroatoms. The van der Waals surface area contributed by atoms with Gasteiger partial charge in [-0.05, 0) is 30.2 Å². The van der Waals surface area contributed by atoms with Gasteiger partial charge in [0, 0.05) is 18.7 Å². The number of aliphatic hydroxyl groups is 1. The second-order valence-corrected chi connectivity index (χ2v) is 3.54. The number of nitrogen functional groups attached to an aromatic ring is 1. The summed E-state index contributed by atoms with van der Waals surface area (Å²) in [7, 11) is 0. The molecule has 1 aromatic heterocycles. The first-order valence-electron chi connectivity index (χ1n) is 4.82. The molecule has 1 aromatic rings. The van der Waals surface area contributed by atoms with Crippen molar-refractivity contribution in [2.24, 2.45) is 0 Å². The van der Waals surface area contributed by atoms with E-state index in [2.05, 4.69) is 4.98 Å². The third kappa shape index (κ3) is 5.33. The highest BCUT2D eigenvalue weighted by Gasteiger charge is 2.05. The molecule has 0 aliphatic rings. The molecule has 4 N–H and O–H groups in total. The number of aliphatic carboxylic acids is 1. The third-order valence-electron chi connectivity index (χ3n) is 1.96. The topological polar surface area (TPSA) is 96.4 Å². The zero-order valence-corrected chi connectivity index (χ0v) is 10.1. The SMILES string of the molecule is CC(O)Cc1cc(C=CC(=O)O)cnc1N.Cl. The lowest BCUT2D eigenvalue weighted by Crippen LogP contribution is -2.08. The quantitative estimate of drug-likeness (QED) is 0.703. The number of hydrogen-bond acceptors (Lipinski definition) is 4. The third-order valence-corrected chi connectivity index (χ3v) is 1.96. The van der Waals surface area contributed by atoms with Gasteiger partial charge < -0.3 is 15.9 Å². The smallest absolute Gasteiger partial charge is 0.328 e. The fraction of sp³-hybridized carbons (Fsp3) is 0.273. The van der Waals surface area contributed by atoms with Crippen molar-refractivity contribution in [1.29, 1.82) is 0 Å². The fourth-order valence-electron chi connectivity index (χ4n) is 1.28. The molecule has 1 unspecified atom stereocenters. The number of nitrogens with zero attached hydrogens (tertiary/aromatic N) is 1. The van der Waals surface area contributed by atoms with Gasteiger partial charge in [0.2, 0.25) is 0 Å². The Balaban J connectivity index is 0.00000256. The van der Waals surface area contributed by atoms with Crippen molar-refractivity contribution < 1.29 is 15.0 Å². The van der Waals surface area contributed by atoms with E-state index in [1.165, 1.54) is 12.3 Å². The summed E-state index contributed by atoms with van der Waals surface area (Å²) in [5.74, 6) is -0.665. The molecule has 1 heterocycles. The van der Waals surface area contributed by atoms with E-state index in [1.807, 2.05) is 0 Å². The Morgan fingerprint density at radius 3 is 2.82 bits per heavy atom. The summed E-state index contributed by atoms with van der Waals surface area (Å²) in [6.45, 7) is 1.65. The second-order valence-electron chi connectivity index (χ2n) is 3.54. The highest BCUT2D eigenvalue weighted by molar-refractivity contribution is 5.85. The molecule has 0 aliphatic carbocycles. The molecule has 0 aliphatic heterocycles. The van der Waals surface area contributed by atoms with Crippen LogP contribution < -0.4 is 5.73 Å². The maximum absolute atomic E-state index is 10.3. The minimum atomic E-state index is -1.02. The molecule has 0 amide bonds. The molecular weight excluding hydrogens is 244 g/mol. The lowest BCUT2D eigenvalue weighted by molar-refractivity contribution is -0.131. The zero-order valence-electron chi connectivity index (χ0n) is 9.33. The summed E-state index contributed by atoms with van der Waals surface area (Å²) < 4.78 is 0. The van der Waals surface area contributed by atoms with Gasteiger partial charge in [-0.2, -0.15) is 0 Å². The Morgan fingerprint density at radius 2 is 2.29 bits per heavy atom. The molecule has 17 heavy (non-hydrogen) atoms. The molecule has 94 valence electrons. The van der Waals surface area contributed by atoms with Crippen LogP contribution >= 0.6 is 12.4 Å². The summed E-state index contributed by atoms with van der Waals surface area (Å²) in [6, 6.07) is 1.72. The minimum Gasteiger partial charge on any atom is -0.478 e. The van der Waals surface area contributed by atoms with Crippen molar-refractivity contribution in [3.8, 4) is 0 Å². The summed E-state index contributed by atoms with van der Waals surface area (Å²) in [5.41, 5.74) is 6.99. The molecule has 1 rings (SSSR count). The van der Waals surface area contributed by atoms with Gasteiger partial charge in [0.05, 0.1) is 6.10 Å². The zero-order chi connectivity index (χ0) is 12.1. The second kappa shape index (κ2) is 6.88. The molecule has 0 saturated heterocycles. The number of aromatic nitrogens is 1. The minimum absolute atomic E-state index is 0. The predicted octanol–water partition coefficient (Wildman–Crippen LogP) is 1.11. The van der Waals surface area contributed by atoms with Crippen LogP contribution in [-0.4, -0.2) is 27.3 Å². The van der Waals surface area contributed by atoms with Crippen LogP contribution in [0.2, 0.25) is 0 Å². The maximum atomic E-state index is 10.3. The summed E-state index contributed by atoms with van der Waals surface area (Å²) in [6.07, 6.45) is 3.83. The van der Waals surface area contributed by atoms with Gasteiger partial charge in [-0.25, -0.2) is 9.78 Å². The van der Waals surface area contributed by atoms with Crippen molar-refractivity contribution >= 4 is 30.3 Å². The van der Waals surface area contributed by atoms with Gasteiger partial charge in [-0.15, -0.1) is 12.4 Å². The van der Waals surface area contributed by atoms with Gasteiger partial charge in [-0.3, -0.25) is 0 Å². The van der Waals surface area contributed by atoms with E-state index >= 15 is 0 Å². The Morgan fingerprint density at radius 1 is 1.65 bits per heavy atom. The van der Waals surface area contributed by atoms with E-state index in [4.69, 9.17) is 10.8 Å². The molecule has 0 saturated carbocycles. The summed E-state index contributed by atoms with van der Waals surface area (Å²) >= 11 is 0. The van der Waals surface area contributed by atoms with E-state index < -0.39 is 12.1 Å². The average molecular weight is 259 g/mol. The predicted molar refractivity (Wildman–Crippen MR) is 68.0 cm³/mol. The normalized spacial score (nSPS) is 12.1. The first-order valence-corrected chi connectivity index (χ1v) is 4.82. The molecule has 0 aromatic carbocycles. The fourth-order valence-corrected chi connectivity index (χ4v) is 1.28.